The molecule has 2 heterocycles. The van der Waals surface area contributed by atoms with Gasteiger partial charge >= 0.3 is 0 Å². The number of hydrogen-bond donors (Lipinski definition) is 1. The lowest BCUT2D eigenvalue weighted by molar-refractivity contribution is 0.0403. The molecule has 0 saturated carbocycles. The van der Waals surface area contributed by atoms with E-state index in [2.05, 4.69) is 53.2 Å². The summed E-state index contributed by atoms with van der Waals surface area (Å²) in [6.07, 6.45) is 0.980. The number of phenols is 1. The number of piperazine rings is 1. The Morgan fingerprint density at radius 3 is 2.46 bits per heavy atom. The van der Waals surface area contributed by atoms with Crippen LogP contribution in [-0.4, -0.2) is 41.6 Å². The molecule has 0 amide bonds. The fourth-order valence-corrected chi connectivity index (χ4v) is 3.99. The van der Waals surface area contributed by atoms with Gasteiger partial charge in [-0.1, -0.05) is 36.4 Å². The number of hydrogen-bond acceptors (Lipinski definition) is 3. The monoisotopic (exact) mass is 454 g/mol. The van der Waals surface area contributed by atoms with E-state index in [0.717, 1.165) is 26.1 Å². The van der Waals surface area contributed by atoms with Crippen molar-refractivity contribution in [3.05, 3.63) is 65.2 Å². The first kappa shape index (κ1) is 19.4. The van der Waals surface area contributed by atoms with E-state index in [1.807, 2.05) is 12.1 Å². The Morgan fingerprint density at radius 2 is 1.71 bits per heavy atom. The predicted molar refractivity (Wildman–Crippen MR) is 109 cm³/mol. The van der Waals surface area contributed by atoms with Gasteiger partial charge in [-0.15, -0.1) is 34.0 Å². The Morgan fingerprint density at radius 1 is 0.958 bits per heavy atom. The zero-order valence-electron chi connectivity index (χ0n) is 13.8. The van der Waals surface area contributed by atoms with Gasteiger partial charge in [0, 0.05) is 31.7 Å². The van der Waals surface area contributed by atoms with Crippen molar-refractivity contribution in [3.63, 3.8) is 0 Å². The average molecular weight is 456 g/mol. The summed E-state index contributed by atoms with van der Waals surface area (Å²) in [6.45, 7) is 3.27. The van der Waals surface area contributed by atoms with Crippen LogP contribution in [0.3, 0.4) is 0 Å². The van der Waals surface area contributed by atoms with Crippen molar-refractivity contribution in [3.8, 4) is 5.75 Å². The molecular weight excluding hydrogens is 432 g/mol. The molecule has 0 aliphatic carbocycles. The van der Waals surface area contributed by atoms with E-state index in [1.165, 1.54) is 16.7 Å². The number of rotatable bonds is 1. The molecule has 2 aromatic rings. The van der Waals surface area contributed by atoms with Crippen molar-refractivity contribution in [2.45, 2.75) is 18.5 Å². The molecule has 130 valence electrons. The normalized spacial score (nSPS) is 23.4. The molecule has 0 spiro atoms. The Hall–Kier alpha value is -0.880. The lowest BCUT2D eigenvalue weighted by atomic mass is 9.84. The first-order chi connectivity index (χ1) is 10.7. The Balaban J connectivity index is 0.00000104. The molecule has 2 aliphatic heterocycles. The van der Waals surface area contributed by atoms with Crippen LogP contribution in [0.1, 0.15) is 28.8 Å². The van der Waals surface area contributed by atoms with Gasteiger partial charge in [0.25, 0.3) is 0 Å². The smallest absolute Gasteiger partial charge is 0.115 e. The van der Waals surface area contributed by atoms with Gasteiger partial charge in [0.05, 0.1) is 0 Å². The molecule has 4 rings (SSSR count). The van der Waals surface area contributed by atoms with Crippen LogP contribution < -0.4 is 0 Å². The van der Waals surface area contributed by atoms with Gasteiger partial charge in [0.15, 0.2) is 0 Å². The predicted octanol–water partition coefficient (Wildman–Crippen LogP) is 4.13. The van der Waals surface area contributed by atoms with Crippen LogP contribution in [0.5, 0.6) is 5.75 Å². The van der Waals surface area contributed by atoms with Crippen LogP contribution in [-0.2, 0) is 6.42 Å². The first-order valence-corrected chi connectivity index (χ1v) is 8.03. The van der Waals surface area contributed by atoms with Crippen molar-refractivity contribution in [1.29, 1.82) is 0 Å². The first-order valence-electron chi connectivity index (χ1n) is 8.03. The highest BCUT2D eigenvalue weighted by Gasteiger charge is 2.37. The highest BCUT2D eigenvalue weighted by atomic mass is 79.9. The molecule has 2 atom stereocenters. The number of benzene rings is 2. The highest BCUT2D eigenvalue weighted by molar-refractivity contribution is 8.93. The number of aromatic hydroxyl groups is 1. The van der Waals surface area contributed by atoms with Gasteiger partial charge in [0.1, 0.15) is 5.75 Å². The Kier molecular flexibility index (Phi) is 6.48. The standard InChI is InChI=1S/C19H22N2O.2BrH/c1-20-9-10-21-18(14-5-3-2-4-6-14)12-15-11-16(22)7-8-17(15)19(21)13-20;;/h2-8,11,18-19,22H,9-10,12-13H2,1H3;2*1H/t18-,19+;;/m0../s1. The summed E-state index contributed by atoms with van der Waals surface area (Å²) < 4.78 is 0. The fourth-order valence-electron chi connectivity index (χ4n) is 3.99. The van der Waals surface area contributed by atoms with Gasteiger partial charge in [-0.2, -0.15) is 0 Å². The molecule has 2 aliphatic rings. The van der Waals surface area contributed by atoms with Crippen molar-refractivity contribution < 1.29 is 5.11 Å². The molecule has 0 aromatic heterocycles. The van der Waals surface area contributed by atoms with Crippen LogP contribution in [0.25, 0.3) is 0 Å². The quantitative estimate of drug-likeness (QED) is 0.700. The van der Waals surface area contributed by atoms with Crippen LogP contribution in [0.2, 0.25) is 0 Å². The second-order valence-electron chi connectivity index (χ2n) is 6.53. The molecule has 1 fully saturated rings. The summed E-state index contributed by atoms with van der Waals surface area (Å²) in [5, 5.41) is 9.87. The minimum atomic E-state index is 0. The van der Waals surface area contributed by atoms with Crippen LogP contribution in [0.15, 0.2) is 48.5 Å². The summed E-state index contributed by atoms with van der Waals surface area (Å²) >= 11 is 0. The molecule has 1 N–H and O–H groups in total. The fraction of sp³-hybridized carbons (Fsp3) is 0.368. The van der Waals surface area contributed by atoms with E-state index in [0.29, 0.717) is 17.8 Å². The summed E-state index contributed by atoms with van der Waals surface area (Å²) in [6, 6.07) is 17.5. The average Bonchev–Trinajstić information content (AvgIpc) is 2.54. The number of nitrogens with zero attached hydrogens (tertiary/aromatic N) is 2. The van der Waals surface area contributed by atoms with Crippen molar-refractivity contribution >= 4 is 34.0 Å². The van der Waals surface area contributed by atoms with Crippen molar-refractivity contribution in [1.82, 2.24) is 9.80 Å². The number of phenolic OH excluding ortho intramolecular Hbond substituents is 1. The molecule has 5 heteroatoms. The number of fused-ring (bicyclic) bond motifs is 3. The molecule has 24 heavy (non-hydrogen) atoms. The maximum atomic E-state index is 9.87. The number of likely N-dealkylation sites (N-methyl/N-ethyl adjacent to an activating group) is 1. The maximum Gasteiger partial charge on any atom is 0.115 e. The van der Waals surface area contributed by atoms with Crippen LogP contribution >= 0.6 is 34.0 Å². The van der Waals surface area contributed by atoms with E-state index in [9.17, 15) is 5.11 Å². The zero-order chi connectivity index (χ0) is 15.1. The van der Waals surface area contributed by atoms with Gasteiger partial charge in [-0.05, 0) is 42.3 Å². The van der Waals surface area contributed by atoms with Gasteiger partial charge in [-0.3, -0.25) is 4.90 Å². The van der Waals surface area contributed by atoms with Crippen LogP contribution in [0.4, 0.5) is 0 Å². The zero-order valence-corrected chi connectivity index (χ0v) is 17.2. The topological polar surface area (TPSA) is 26.7 Å². The van der Waals surface area contributed by atoms with E-state index in [-0.39, 0.29) is 34.0 Å². The number of halogens is 2. The molecule has 1 saturated heterocycles. The van der Waals surface area contributed by atoms with E-state index >= 15 is 0 Å². The minimum absolute atomic E-state index is 0. The molecule has 0 bridgehead atoms. The molecule has 3 nitrogen and oxygen atoms in total. The third kappa shape index (κ3) is 3.54. The summed E-state index contributed by atoms with van der Waals surface area (Å²) in [7, 11) is 2.20. The molecule has 0 radical (unpaired) electrons. The minimum Gasteiger partial charge on any atom is -0.508 e. The second kappa shape index (κ2) is 8.00. The molecule has 2 aromatic carbocycles. The van der Waals surface area contributed by atoms with Crippen LogP contribution in [0, 0.1) is 0 Å². The third-order valence-corrected chi connectivity index (χ3v) is 5.11. The van der Waals surface area contributed by atoms with Gasteiger partial charge in [0.2, 0.25) is 0 Å². The van der Waals surface area contributed by atoms with Crippen molar-refractivity contribution in [2.75, 3.05) is 26.7 Å². The lowest BCUT2D eigenvalue weighted by Gasteiger charge is -2.48. The summed E-state index contributed by atoms with van der Waals surface area (Å²) in [5.74, 6) is 0.378. The highest BCUT2D eigenvalue weighted by Crippen LogP contribution is 2.42. The lowest BCUT2D eigenvalue weighted by Crippen LogP contribution is -2.50. The Labute approximate surface area is 164 Å². The largest absolute Gasteiger partial charge is 0.508 e. The van der Waals surface area contributed by atoms with Gasteiger partial charge in [-0.25, -0.2) is 0 Å². The third-order valence-electron chi connectivity index (χ3n) is 5.11. The molecular formula is C19H24Br2N2O. The maximum absolute atomic E-state index is 9.87. The van der Waals surface area contributed by atoms with E-state index < -0.39 is 0 Å². The summed E-state index contributed by atoms with van der Waals surface area (Å²) in [4.78, 5) is 5.06. The second-order valence-corrected chi connectivity index (χ2v) is 6.53. The molecule has 0 unspecified atom stereocenters. The summed E-state index contributed by atoms with van der Waals surface area (Å²) in [5.41, 5.74) is 4.06. The van der Waals surface area contributed by atoms with Crippen molar-refractivity contribution in [2.24, 2.45) is 0 Å². The van der Waals surface area contributed by atoms with Gasteiger partial charge < -0.3 is 10.0 Å². The Bertz CT molecular complexity index is 680. The van der Waals surface area contributed by atoms with E-state index in [4.69, 9.17) is 0 Å². The SMILES string of the molecule is Br.Br.CN1CCN2[C@H](C1)c1ccc(O)cc1C[C@H]2c1ccccc1. The van der Waals surface area contributed by atoms with E-state index in [1.54, 1.807) is 0 Å².